The van der Waals surface area contributed by atoms with Gasteiger partial charge in [-0.05, 0) is 35.3 Å². The van der Waals surface area contributed by atoms with Gasteiger partial charge in [-0.2, -0.15) is 0 Å². The van der Waals surface area contributed by atoms with Gasteiger partial charge in [-0.25, -0.2) is 4.79 Å². The third kappa shape index (κ3) is 2.89. The molecule has 1 aromatic rings. The number of carbonyl (C=O) groups excluding carboxylic acids is 2. The van der Waals surface area contributed by atoms with Crippen LogP contribution in [0.15, 0.2) is 10.5 Å². The lowest BCUT2D eigenvalue weighted by Crippen LogP contribution is -2.16. The maximum atomic E-state index is 11.6. The van der Waals surface area contributed by atoms with Crippen molar-refractivity contribution in [3.8, 4) is 0 Å². The highest BCUT2D eigenvalue weighted by Crippen LogP contribution is 2.28. The molecule has 0 spiro atoms. The Balaban J connectivity index is 2.90. The van der Waals surface area contributed by atoms with Crippen molar-refractivity contribution in [2.24, 2.45) is 0 Å². The van der Waals surface area contributed by atoms with E-state index in [0.29, 0.717) is 9.35 Å². The Morgan fingerprint density at radius 3 is 2.60 bits per heavy atom. The van der Waals surface area contributed by atoms with E-state index in [1.807, 2.05) is 13.0 Å². The summed E-state index contributed by atoms with van der Waals surface area (Å²) in [5.41, 5.74) is 0. The summed E-state index contributed by atoms with van der Waals surface area (Å²) < 4.78 is 5.32. The average Bonchev–Trinajstić information content (AvgIpc) is 2.59. The van der Waals surface area contributed by atoms with Crippen LogP contribution in [0.25, 0.3) is 0 Å². The van der Waals surface area contributed by atoms with Crippen LogP contribution in [0, 0.1) is 0 Å². The zero-order chi connectivity index (χ0) is 11.4. The number of esters is 1. The Morgan fingerprint density at radius 1 is 1.47 bits per heavy atom. The van der Waals surface area contributed by atoms with Crippen LogP contribution in [-0.2, 0) is 16.0 Å². The normalized spacial score (nSPS) is 10.1. The van der Waals surface area contributed by atoms with Crippen LogP contribution < -0.4 is 0 Å². The maximum absolute atomic E-state index is 11.6. The van der Waals surface area contributed by atoms with Gasteiger partial charge in [0.15, 0.2) is 0 Å². The van der Waals surface area contributed by atoms with E-state index in [1.54, 1.807) is 6.92 Å². The number of aryl methyl sites for hydroxylation is 1. The predicted molar refractivity (Wildman–Crippen MR) is 62.4 cm³/mol. The predicted octanol–water partition coefficient (Wildman–Crippen LogP) is 2.82. The number of thiophene rings is 1. The van der Waals surface area contributed by atoms with E-state index in [2.05, 4.69) is 20.7 Å². The standard InChI is InChI=1S/C10H11BrO3S/c1-3-6-5-7(11)9(15-6)8(12)10(13)14-4-2/h5H,3-4H2,1-2H3. The van der Waals surface area contributed by atoms with Gasteiger partial charge in [0, 0.05) is 9.35 Å². The summed E-state index contributed by atoms with van der Waals surface area (Å²) in [6.45, 7) is 3.89. The SMILES string of the molecule is CCOC(=O)C(=O)c1sc(CC)cc1Br. The highest BCUT2D eigenvalue weighted by molar-refractivity contribution is 9.10. The number of ketones is 1. The van der Waals surface area contributed by atoms with Crippen molar-refractivity contribution in [3.05, 3.63) is 20.3 Å². The minimum atomic E-state index is -0.789. The first-order valence-corrected chi connectivity index (χ1v) is 6.20. The molecule has 1 aromatic heterocycles. The van der Waals surface area contributed by atoms with E-state index in [-0.39, 0.29) is 6.61 Å². The lowest BCUT2D eigenvalue weighted by molar-refractivity contribution is -0.137. The van der Waals surface area contributed by atoms with E-state index < -0.39 is 11.8 Å². The summed E-state index contributed by atoms with van der Waals surface area (Å²) in [4.78, 5) is 24.3. The van der Waals surface area contributed by atoms with Crippen LogP contribution in [0.2, 0.25) is 0 Å². The zero-order valence-electron chi connectivity index (χ0n) is 8.50. The van der Waals surface area contributed by atoms with E-state index in [4.69, 9.17) is 0 Å². The van der Waals surface area contributed by atoms with Crippen molar-refractivity contribution in [2.45, 2.75) is 20.3 Å². The van der Waals surface area contributed by atoms with Gasteiger partial charge >= 0.3 is 5.97 Å². The van der Waals surface area contributed by atoms with Gasteiger partial charge < -0.3 is 4.74 Å². The minimum absolute atomic E-state index is 0.216. The fourth-order valence-corrected chi connectivity index (χ4v) is 2.80. The fourth-order valence-electron chi connectivity index (χ4n) is 1.03. The second-order valence-electron chi connectivity index (χ2n) is 2.79. The summed E-state index contributed by atoms with van der Waals surface area (Å²) in [5.74, 6) is -1.36. The molecule has 0 saturated carbocycles. The molecular formula is C10H11BrO3S. The number of hydrogen-bond acceptors (Lipinski definition) is 4. The Kier molecular flexibility index (Phi) is 4.47. The number of rotatable bonds is 4. The molecule has 0 aromatic carbocycles. The number of Topliss-reactive ketones (excluding diaryl/α,β-unsaturated/α-hetero) is 1. The molecule has 82 valence electrons. The van der Waals surface area contributed by atoms with Crippen molar-refractivity contribution in [1.82, 2.24) is 0 Å². The summed E-state index contributed by atoms with van der Waals surface area (Å²) in [7, 11) is 0. The van der Waals surface area contributed by atoms with Crippen molar-refractivity contribution in [2.75, 3.05) is 6.61 Å². The lowest BCUT2D eigenvalue weighted by atomic mass is 10.3. The summed E-state index contributed by atoms with van der Waals surface area (Å²) in [6.07, 6.45) is 0.847. The molecule has 0 atom stereocenters. The Morgan fingerprint density at radius 2 is 2.13 bits per heavy atom. The maximum Gasteiger partial charge on any atom is 0.380 e. The molecule has 0 aliphatic rings. The van der Waals surface area contributed by atoms with Crippen LogP contribution in [0.5, 0.6) is 0 Å². The summed E-state index contributed by atoms with van der Waals surface area (Å²) >= 11 is 4.58. The smallest absolute Gasteiger partial charge is 0.380 e. The van der Waals surface area contributed by atoms with Gasteiger partial charge in [0.2, 0.25) is 0 Å². The van der Waals surface area contributed by atoms with Crippen LogP contribution in [0.1, 0.15) is 28.4 Å². The molecule has 0 unspecified atom stereocenters. The van der Waals surface area contributed by atoms with Crippen LogP contribution >= 0.6 is 27.3 Å². The minimum Gasteiger partial charge on any atom is -0.460 e. The molecule has 5 heteroatoms. The van der Waals surface area contributed by atoms with Gasteiger partial charge in [0.25, 0.3) is 5.78 Å². The second-order valence-corrected chi connectivity index (χ2v) is 4.78. The van der Waals surface area contributed by atoms with Gasteiger partial charge in [-0.15, -0.1) is 11.3 Å². The van der Waals surface area contributed by atoms with Gasteiger partial charge in [0.05, 0.1) is 11.5 Å². The van der Waals surface area contributed by atoms with E-state index in [0.717, 1.165) is 11.3 Å². The monoisotopic (exact) mass is 290 g/mol. The first-order chi connectivity index (χ1) is 7.10. The molecule has 0 amide bonds. The van der Waals surface area contributed by atoms with Gasteiger partial charge in [0.1, 0.15) is 0 Å². The Bertz CT molecular complexity index is 384. The molecule has 0 saturated heterocycles. The highest BCUT2D eigenvalue weighted by Gasteiger charge is 2.22. The van der Waals surface area contributed by atoms with Crippen LogP contribution in [0.4, 0.5) is 0 Å². The van der Waals surface area contributed by atoms with Crippen molar-refractivity contribution in [3.63, 3.8) is 0 Å². The molecule has 1 heterocycles. The van der Waals surface area contributed by atoms with Crippen molar-refractivity contribution >= 4 is 39.0 Å². The molecule has 15 heavy (non-hydrogen) atoms. The summed E-state index contributed by atoms with van der Waals surface area (Å²) in [5, 5.41) is 0. The molecular weight excluding hydrogens is 280 g/mol. The average molecular weight is 291 g/mol. The highest BCUT2D eigenvalue weighted by atomic mass is 79.9. The molecule has 1 rings (SSSR count). The van der Waals surface area contributed by atoms with E-state index >= 15 is 0 Å². The number of carbonyl (C=O) groups is 2. The zero-order valence-corrected chi connectivity index (χ0v) is 10.9. The van der Waals surface area contributed by atoms with Crippen molar-refractivity contribution < 1.29 is 14.3 Å². The van der Waals surface area contributed by atoms with Crippen molar-refractivity contribution in [1.29, 1.82) is 0 Å². The number of hydrogen-bond donors (Lipinski definition) is 0. The third-order valence-corrected chi connectivity index (χ3v) is 3.92. The first kappa shape index (κ1) is 12.4. The Hall–Kier alpha value is -0.680. The molecule has 0 fully saturated rings. The fraction of sp³-hybridized carbons (Fsp3) is 0.400. The lowest BCUT2D eigenvalue weighted by Gasteiger charge is -1.98. The molecule has 0 aliphatic carbocycles. The largest absolute Gasteiger partial charge is 0.460 e. The van der Waals surface area contributed by atoms with Crippen LogP contribution in [-0.4, -0.2) is 18.4 Å². The molecule has 0 N–H and O–H groups in total. The number of ether oxygens (including phenoxy) is 1. The van der Waals surface area contributed by atoms with Gasteiger partial charge in [-0.1, -0.05) is 6.92 Å². The van der Waals surface area contributed by atoms with E-state index in [9.17, 15) is 9.59 Å². The molecule has 0 bridgehead atoms. The molecule has 0 aliphatic heterocycles. The number of halogens is 1. The van der Waals surface area contributed by atoms with Gasteiger partial charge in [-0.3, -0.25) is 4.79 Å². The topological polar surface area (TPSA) is 43.4 Å². The third-order valence-electron chi connectivity index (χ3n) is 1.75. The van der Waals surface area contributed by atoms with Crippen LogP contribution in [0.3, 0.4) is 0 Å². The first-order valence-electron chi connectivity index (χ1n) is 4.59. The second kappa shape index (κ2) is 5.42. The van der Waals surface area contributed by atoms with E-state index in [1.165, 1.54) is 11.3 Å². The molecule has 3 nitrogen and oxygen atoms in total. The summed E-state index contributed by atoms with van der Waals surface area (Å²) in [6, 6.07) is 1.86. The quantitative estimate of drug-likeness (QED) is 0.487. The Labute approximate surface area is 101 Å². The molecule has 0 radical (unpaired) electrons.